The lowest BCUT2D eigenvalue weighted by Gasteiger charge is -2.39. The zero-order chi connectivity index (χ0) is 14.8. The summed E-state index contributed by atoms with van der Waals surface area (Å²) in [4.78, 5) is 11.6. The summed E-state index contributed by atoms with van der Waals surface area (Å²) in [6.07, 6.45) is 7.30. The molecule has 1 amide bonds. The summed E-state index contributed by atoms with van der Waals surface area (Å²) in [6.45, 7) is 7.98. The van der Waals surface area contributed by atoms with Crippen LogP contribution in [0.5, 0.6) is 0 Å². The first-order chi connectivity index (χ1) is 9.33. The summed E-state index contributed by atoms with van der Waals surface area (Å²) in [6, 6.07) is 1.45. The lowest BCUT2D eigenvalue weighted by atomic mass is 9.85. The van der Waals surface area contributed by atoms with Crippen molar-refractivity contribution in [2.45, 2.75) is 89.9 Å². The summed E-state index contributed by atoms with van der Waals surface area (Å²) in [5, 5.41) is 6.66. The molecular weight excluding hydrogens is 252 g/mol. The van der Waals surface area contributed by atoms with E-state index in [0.717, 1.165) is 18.8 Å². The van der Waals surface area contributed by atoms with Crippen LogP contribution in [0.4, 0.5) is 4.79 Å². The van der Waals surface area contributed by atoms with Crippen molar-refractivity contribution in [3.05, 3.63) is 0 Å². The third-order valence-corrected chi connectivity index (χ3v) is 4.46. The van der Waals surface area contributed by atoms with Crippen LogP contribution in [0, 0.1) is 5.92 Å². The molecule has 0 aliphatic heterocycles. The van der Waals surface area contributed by atoms with Gasteiger partial charge in [-0.05, 0) is 59.3 Å². The third kappa shape index (κ3) is 4.65. The Hall–Kier alpha value is -0.770. The van der Waals surface area contributed by atoms with Crippen LogP contribution in [0.3, 0.4) is 0 Å². The van der Waals surface area contributed by atoms with E-state index in [1.54, 1.807) is 0 Å². The van der Waals surface area contributed by atoms with E-state index in [9.17, 15) is 4.79 Å². The predicted octanol–water partition coefficient (Wildman–Crippen LogP) is 3.21. The zero-order valence-electron chi connectivity index (χ0n) is 13.4. The maximum absolute atomic E-state index is 11.6. The fourth-order valence-electron chi connectivity index (χ4n) is 3.31. The van der Waals surface area contributed by atoms with Crippen molar-refractivity contribution in [2.24, 2.45) is 5.92 Å². The normalized spacial score (nSPS) is 28.8. The van der Waals surface area contributed by atoms with Crippen molar-refractivity contribution < 1.29 is 9.53 Å². The van der Waals surface area contributed by atoms with Crippen LogP contribution < -0.4 is 10.6 Å². The minimum absolute atomic E-state index is 0.276. The number of hydrogen-bond acceptors (Lipinski definition) is 3. The van der Waals surface area contributed by atoms with E-state index in [1.807, 2.05) is 20.8 Å². The summed E-state index contributed by atoms with van der Waals surface area (Å²) >= 11 is 0. The molecule has 4 heteroatoms. The molecular formula is C16H30N2O2. The highest BCUT2D eigenvalue weighted by Gasteiger charge is 2.33. The van der Waals surface area contributed by atoms with Gasteiger partial charge in [0, 0.05) is 18.1 Å². The average Bonchev–Trinajstić information content (AvgIpc) is 2.76. The molecule has 2 aliphatic rings. The van der Waals surface area contributed by atoms with E-state index in [0.29, 0.717) is 12.1 Å². The van der Waals surface area contributed by atoms with Crippen LogP contribution in [0.1, 0.15) is 66.2 Å². The topological polar surface area (TPSA) is 50.4 Å². The summed E-state index contributed by atoms with van der Waals surface area (Å²) < 4.78 is 5.27. The first-order valence-corrected chi connectivity index (χ1v) is 8.09. The molecule has 0 aromatic rings. The number of rotatable bonds is 4. The molecule has 4 nitrogen and oxygen atoms in total. The molecule has 20 heavy (non-hydrogen) atoms. The van der Waals surface area contributed by atoms with Crippen LogP contribution in [-0.2, 0) is 4.74 Å². The van der Waals surface area contributed by atoms with Gasteiger partial charge in [-0.3, -0.25) is 0 Å². The quantitative estimate of drug-likeness (QED) is 0.832. The van der Waals surface area contributed by atoms with Gasteiger partial charge in [0.2, 0.25) is 0 Å². The first kappa shape index (κ1) is 15.6. The molecule has 2 fully saturated rings. The van der Waals surface area contributed by atoms with E-state index < -0.39 is 5.60 Å². The maximum Gasteiger partial charge on any atom is 0.407 e. The number of ether oxygens (including phenoxy) is 1. The van der Waals surface area contributed by atoms with Crippen LogP contribution in [-0.4, -0.2) is 29.8 Å². The van der Waals surface area contributed by atoms with Crippen molar-refractivity contribution >= 4 is 6.09 Å². The number of alkyl carbamates (subject to hydrolysis) is 1. The second kappa shape index (κ2) is 6.33. The van der Waals surface area contributed by atoms with Gasteiger partial charge >= 0.3 is 6.09 Å². The minimum atomic E-state index is -0.414. The van der Waals surface area contributed by atoms with E-state index >= 15 is 0 Å². The zero-order valence-corrected chi connectivity index (χ0v) is 13.4. The van der Waals surface area contributed by atoms with Gasteiger partial charge < -0.3 is 15.4 Å². The molecule has 116 valence electrons. The number of carbonyl (C=O) groups is 1. The molecule has 0 radical (unpaired) electrons. The number of hydrogen-bond donors (Lipinski definition) is 2. The summed E-state index contributed by atoms with van der Waals surface area (Å²) in [5.74, 6) is 0.855. The Kier molecular flexibility index (Phi) is 4.95. The Balaban J connectivity index is 1.61. The Bertz CT molecular complexity index is 326. The highest BCUT2D eigenvalue weighted by molar-refractivity contribution is 5.68. The fourth-order valence-corrected chi connectivity index (χ4v) is 3.31. The van der Waals surface area contributed by atoms with Gasteiger partial charge in [-0.2, -0.15) is 0 Å². The molecule has 2 N–H and O–H groups in total. The Morgan fingerprint density at radius 2 is 1.75 bits per heavy atom. The van der Waals surface area contributed by atoms with E-state index in [-0.39, 0.29) is 12.1 Å². The lowest BCUT2D eigenvalue weighted by Crippen LogP contribution is -2.55. The highest BCUT2D eigenvalue weighted by atomic mass is 16.6. The second-order valence-corrected chi connectivity index (χ2v) is 7.51. The van der Waals surface area contributed by atoms with Gasteiger partial charge in [-0.1, -0.05) is 12.8 Å². The van der Waals surface area contributed by atoms with Crippen molar-refractivity contribution in [2.75, 3.05) is 0 Å². The third-order valence-electron chi connectivity index (χ3n) is 4.46. The number of amides is 1. The van der Waals surface area contributed by atoms with Crippen LogP contribution >= 0.6 is 0 Å². The monoisotopic (exact) mass is 282 g/mol. The van der Waals surface area contributed by atoms with Gasteiger partial charge in [-0.15, -0.1) is 0 Å². The smallest absolute Gasteiger partial charge is 0.407 e. The molecule has 0 aromatic heterocycles. The molecule has 1 atom stereocenters. The van der Waals surface area contributed by atoms with Gasteiger partial charge in [0.1, 0.15) is 5.60 Å². The highest BCUT2D eigenvalue weighted by Crippen LogP contribution is 2.29. The Morgan fingerprint density at radius 1 is 1.15 bits per heavy atom. The first-order valence-electron chi connectivity index (χ1n) is 8.09. The molecule has 0 heterocycles. The Labute approximate surface area is 123 Å². The molecule has 2 saturated carbocycles. The van der Waals surface area contributed by atoms with Crippen molar-refractivity contribution in [1.29, 1.82) is 0 Å². The molecule has 2 aliphatic carbocycles. The largest absolute Gasteiger partial charge is 0.444 e. The van der Waals surface area contributed by atoms with Crippen molar-refractivity contribution in [3.63, 3.8) is 0 Å². The SMILES string of the molecule is C[C@H](NC1CC(NC(=O)OC(C)(C)C)C1)C1CCCC1. The standard InChI is InChI=1S/C16H30N2O2/c1-11(12-7-5-6-8-12)17-13-9-14(10-13)18-15(19)20-16(2,3)4/h11-14,17H,5-10H2,1-4H3,(H,18,19)/t11-,13?,14?/m0/s1. The molecule has 2 rings (SSSR count). The molecule has 0 spiro atoms. The van der Waals surface area contributed by atoms with Crippen molar-refractivity contribution in [1.82, 2.24) is 10.6 Å². The van der Waals surface area contributed by atoms with Gasteiger partial charge in [0.25, 0.3) is 0 Å². The predicted molar refractivity (Wildman–Crippen MR) is 80.7 cm³/mol. The number of nitrogens with one attached hydrogen (secondary N) is 2. The number of carbonyl (C=O) groups excluding carboxylic acids is 1. The average molecular weight is 282 g/mol. The fraction of sp³-hybridized carbons (Fsp3) is 0.938. The molecule has 0 bridgehead atoms. The molecule has 0 unspecified atom stereocenters. The maximum atomic E-state index is 11.6. The minimum Gasteiger partial charge on any atom is -0.444 e. The van der Waals surface area contributed by atoms with Crippen LogP contribution in [0.2, 0.25) is 0 Å². The summed E-state index contributed by atoms with van der Waals surface area (Å²) in [5.41, 5.74) is -0.414. The van der Waals surface area contributed by atoms with E-state index in [4.69, 9.17) is 4.74 Å². The summed E-state index contributed by atoms with van der Waals surface area (Å²) in [7, 11) is 0. The van der Waals surface area contributed by atoms with Crippen molar-refractivity contribution in [3.8, 4) is 0 Å². The van der Waals surface area contributed by atoms with E-state index in [2.05, 4.69) is 17.6 Å². The van der Waals surface area contributed by atoms with Gasteiger partial charge in [0.05, 0.1) is 0 Å². The van der Waals surface area contributed by atoms with E-state index in [1.165, 1.54) is 25.7 Å². The Morgan fingerprint density at radius 3 is 2.30 bits per heavy atom. The molecule has 0 aromatic carbocycles. The lowest BCUT2D eigenvalue weighted by molar-refractivity contribution is 0.0461. The molecule has 0 saturated heterocycles. The van der Waals surface area contributed by atoms with Crippen LogP contribution in [0.25, 0.3) is 0 Å². The van der Waals surface area contributed by atoms with Crippen LogP contribution in [0.15, 0.2) is 0 Å². The second-order valence-electron chi connectivity index (χ2n) is 7.51. The van der Waals surface area contributed by atoms with Gasteiger partial charge in [-0.25, -0.2) is 4.79 Å². The van der Waals surface area contributed by atoms with Gasteiger partial charge in [0.15, 0.2) is 0 Å².